The molecule has 17 heteroatoms. The van der Waals surface area contributed by atoms with E-state index in [9.17, 15) is 37.1 Å². The number of fused-ring (bicyclic) bond motifs is 2. The molecule has 0 spiro atoms. The molecule has 0 radical (unpaired) electrons. The lowest BCUT2D eigenvalue weighted by Crippen LogP contribution is -2.26. The van der Waals surface area contributed by atoms with E-state index in [1.54, 1.807) is 20.8 Å². The first-order valence-corrected chi connectivity index (χ1v) is 15.8. The topological polar surface area (TPSA) is 171 Å². The molecular weight excluding hydrogens is 740 g/mol. The van der Waals surface area contributed by atoms with Gasteiger partial charge in [-0.3, -0.25) is 14.6 Å². The molecule has 0 saturated carbocycles. The number of hydrogen-bond acceptors (Lipinski definition) is 12. The molecule has 2 aromatic heterocycles. The van der Waals surface area contributed by atoms with Crippen LogP contribution in [0.1, 0.15) is 52.6 Å². The number of carbonyl (C=O) groups is 3. The average molecular weight is 769 g/mol. The molecule has 0 unspecified atom stereocenters. The van der Waals surface area contributed by atoms with Crippen LogP contribution in [0, 0.1) is 23.3 Å². The summed E-state index contributed by atoms with van der Waals surface area (Å²) in [6, 6.07) is 11.8. The smallest absolute Gasteiger partial charge is 0.505 e. The number of rotatable bonds is 6. The molecular formula is C37H29ClF4N4O8. The molecule has 0 aliphatic rings. The van der Waals surface area contributed by atoms with Gasteiger partial charge in [0.2, 0.25) is 5.88 Å². The van der Waals surface area contributed by atoms with Crippen LogP contribution >= 0.6 is 11.6 Å². The van der Waals surface area contributed by atoms with Crippen molar-refractivity contribution in [2.75, 3.05) is 14.2 Å². The van der Waals surface area contributed by atoms with Gasteiger partial charge in [-0.05, 0) is 81.4 Å². The lowest BCUT2D eigenvalue weighted by Gasteiger charge is -2.19. The summed E-state index contributed by atoms with van der Waals surface area (Å²) >= 11 is 5.79. The highest BCUT2D eigenvalue weighted by Gasteiger charge is 2.26. The highest BCUT2D eigenvalue weighted by Crippen LogP contribution is 2.28. The number of carbonyl (C=O) groups excluding carboxylic acids is 3. The van der Waals surface area contributed by atoms with Crippen molar-refractivity contribution in [3.8, 4) is 17.4 Å². The van der Waals surface area contributed by atoms with E-state index in [-0.39, 0.29) is 27.7 Å². The molecule has 12 nitrogen and oxygen atoms in total. The molecule has 2 heterocycles. The maximum absolute atomic E-state index is 14.8. The number of halogens is 5. The van der Waals surface area contributed by atoms with Crippen LogP contribution in [-0.4, -0.2) is 67.7 Å². The summed E-state index contributed by atoms with van der Waals surface area (Å²) in [7, 11) is 2.42. The molecule has 2 N–H and O–H groups in total. The Balaban J connectivity index is 0.000000235. The molecule has 54 heavy (non-hydrogen) atoms. The number of aliphatic hydroxyl groups excluding tert-OH is 1. The van der Waals surface area contributed by atoms with Gasteiger partial charge in [0.15, 0.2) is 34.7 Å². The van der Waals surface area contributed by atoms with E-state index in [4.69, 9.17) is 30.9 Å². The molecule has 0 fully saturated rings. The number of aromatic nitrogens is 4. The molecule has 0 bridgehead atoms. The summed E-state index contributed by atoms with van der Waals surface area (Å²) in [5.74, 6) is -7.82. The lowest BCUT2D eigenvalue weighted by molar-refractivity contribution is 0.0197. The zero-order valence-corrected chi connectivity index (χ0v) is 29.7. The minimum absolute atomic E-state index is 0.0171. The molecule has 0 aliphatic heterocycles. The number of hydrogen-bond donors (Lipinski definition) is 2. The van der Waals surface area contributed by atoms with Crippen molar-refractivity contribution in [1.29, 1.82) is 0 Å². The fraction of sp³-hybridized carbons (Fsp3) is 0.162. The van der Waals surface area contributed by atoms with Gasteiger partial charge < -0.3 is 24.4 Å². The van der Waals surface area contributed by atoms with Crippen LogP contribution < -0.4 is 9.47 Å². The van der Waals surface area contributed by atoms with Gasteiger partial charge in [0.1, 0.15) is 22.4 Å². The van der Waals surface area contributed by atoms with E-state index >= 15 is 0 Å². The Hall–Kier alpha value is -6.26. The van der Waals surface area contributed by atoms with Crippen molar-refractivity contribution in [3.05, 3.63) is 124 Å². The molecule has 0 aliphatic carbocycles. The first kappa shape index (κ1) is 40.5. The van der Waals surface area contributed by atoms with Crippen LogP contribution in [-0.2, 0) is 4.74 Å². The number of nitrogens with zero attached hydrogens (tertiary/aromatic N) is 4. The number of ketones is 2. The van der Waals surface area contributed by atoms with Crippen LogP contribution in [0.3, 0.4) is 0 Å². The van der Waals surface area contributed by atoms with Crippen molar-refractivity contribution in [3.63, 3.8) is 0 Å². The SMILES string of the molecule is CC(C)(C)OC(=O)Oc1ccc(F)c(C(=O)c2ccc3ncc(Cl)nc3c2)c1F.CO.COc1cnc2ccc(C(=O)c3c(F)ccc(O)c3F)cc2n1. The van der Waals surface area contributed by atoms with Crippen molar-refractivity contribution in [1.82, 2.24) is 19.9 Å². The van der Waals surface area contributed by atoms with Gasteiger partial charge >= 0.3 is 6.16 Å². The Morgan fingerprint density at radius 2 is 1.22 bits per heavy atom. The summed E-state index contributed by atoms with van der Waals surface area (Å²) in [6.45, 7) is 4.79. The third kappa shape index (κ3) is 9.39. The summed E-state index contributed by atoms with van der Waals surface area (Å²) in [4.78, 5) is 53.2. The summed E-state index contributed by atoms with van der Waals surface area (Å²) in [5.41, 5.74) is -1.01. The minimum Gasteiger partial charge on any atom is -0.505 e. The third-order valence-corrected chi connectivity index (χ3v) is 7.11. The zero-order valence-electron chi connectivity index (χ0n) is 29.0. The summed E-state index contributed by atoms with van der Waals surface area (Å²) in [6.07, 6.45) is 1.57. The van der Waals surface area contributed by atoms with Crippen LogP contribution in [0.25, 0.3) is 22.1 Å². The largest absolute Gasteiger partial charge is 0.514 e. The van der Waals surface area contributed by atoms with E-state index in [0.29, 0.717) is 16.6 Å². The fourth-order valence-corrected chi connectivity index (χ4v) is 4.72. The van der Waals surface area contributed by atoms with Crippen LogP contribution in [0.4, 0.5) is 22.4 Å². The average Bonchev–Trinajstić information content (AvgIpc) is 3.14. The van der Waals surface area contributed by atoms with Gasteiger partial charge in [0, 0.05) is 18.2 Å². The highest BCUT2D eigenvalue weighted by atomic mass is 35.5. The molecule has 280 valence electrons. The summed E-state index contributed by atoms with van der Waals surface area (Å²) < 4.78 is 71.4. The van der Waals surface area contributed by atoms with Crippen molar-refractivity contribution in [2.24, 2.45) is 0 Å². The van der Waals surface area contributed by atoms with Gasteiger partial charge in [-0.1, -0.05) is 11.6 Å². The standard InChI is InChI=1S/C20H15ClF2N2O4.C16H10F2N2O3.CH4O/c1-20(2,3)29-19(27)28-14-7-5-11(22)16(17(14)23)18(26)10-4-6-12-13(8-10)25-15(21)9-24-12;1-23-13-7-19-10-4-2-8(6-11(10)20-13)16(22)14-9(17)3-5-12(21)15(14)18;1-2/h4-9H,1-3H3;2-7,21H,1H3;2H,1H3. The van der Waals surface area contributed by atoms with Crippen LogP contribution in [0.2, 0.25) is 5.15 Å². The third-order valence-electron chi connectivity index (χ3n) is 6.93. The van der Waals surface area contributed by atoms with E-state index < -0.39 is 69.2 Å². The van der Waals surface area contributed by atoms with Crippen molar-refractivity contribution in [2.45, 2.75) is 26.4 Å². The monoisotopic (exact) mass is 768 g/mol. The Bertz CT molecular complexity index is 2390. The molecule has 6 aromatic rings. The zero-order chi connectivity index (χ0) is 39.9. The molecule has 0 atom stereocenters. The Labute approximate surface area is 309 Å². The maximum atomic E-state index is 14.8. The predicted molar refractivity (Wildman–Crippen MR) is 187 cm³/mol. The Morgan fingerprint density at radius 3 is 1.78 bits per heavy atom. The Morgan fingerprint density at radius 1 is 0.704 bits per heavy atom. The molecule has 4 aromatic carbocycles. The number of ether oxygens (including phenoxy) is 3. The molecule has 6 rings (SSSR count). The van der Waals surface area contributed by atoms with Gasteiger partial charge in [-0.25, -0.2) is 37.3 Å². The Kier molecular flexibility index (Phi) is 12.8. The van der Waals surface area contributed by atoms with E-state index in [1.165, 1.54) is 55.9 Å². The second kappa shape index (κ2) is 17.0. The number of methoxy groups -OCH3 is 1. The van der Waals surface area contributed by atoms with E-state index in [2.05, 4.69) is 19.9 Å². The normalized spacial score (nSPS) is 10.8. The predicted octanol–water partition coefficient (Wildman–Crippen LogP) is 7.57. The lowest BCUT2D eigenvalue weighted by atomic mass is 10.0. The van der Waals surface area contributed by atoms with Crippen molar-refractivity contribution >= 4 is 51.4 Å². The first-order valence-electron chi connectivity index (χ1n) is 15.4. The van der Waals surface area contributed by atoms with Crippen molar-refractivity contribution < 1.29 is 56.4 Å². The van der Waals surface area contributed by atoms with Gasteiger partial charge in [-0.15, -0.1) is 0 Å². The summed E-state index contributed by atoms with van der Waals surface area (Å²) in [5, 5.41) is 16.4. The number of benzene rings is 4. The number of aliphatic hydroxyl groups is 1. The van der Waals surface area contributed by atoms with Gasteiger partial charge in [-0.2, -0.15) is 0 Å². The second-order valence-electron chi connectivity index (χ2n) is 11.7. The first-order chi connectivity index (χ1) is 25.6. The van der Waals surface area contributed by atoms with Crippen LogP contribution in [0.15, 0.2) is 73.1 Å². The minimum atomic E-state index is -1.32. The second-order valence-corrected chi connectivity index (χ2v) is 12.1. The fourth-order valence-electron chi connectivity index (χ4n) is 4.58. The molecule has 0 saturated heterocycles. The van der Waals surface area contributed by atoms with Crippen LogP contribution in [0.5, 0.6) is 17.4 Å². The van der Waals surface area contributed by atoms with Gasteiger partial charge in [0.25, 0.3) is 0 Å². The number of phenols is 1. The van der Waals surface area contributed by atoms with E-state index in [0.717, 1.165) is 31.4 Å². The number of phenolic OH excluding ortho intramolecular Hbond substituents is 1. The quantitative estimate of drug-likeness (QED) is 0.0738. The molecule has 0 amide bonds. The maximum Gasteiger partial charge on any atom is 0.514 e. The highest BCUT2D eigenvalue weighted by molar-refractivity contribution is 6.29. The van der Waals surface area contributed by atoms with E-state index in [1.807, 2.05) is 0 Å². The number of aromatic hydroxyl groups is 1. The van der Waals surface area contributed by atoms with Gasteiger partial charge in [0.05, 0.1) is 52.7 Å².